The van der Waals surface area contributed by atoms with E-state index in [1.165, 1.54) is 11.3 Å². The van der Waals surface area contributed by atoms with Crippen LogP contribution in [0.25, 0.3) is 10.1 Å². The molecule has 2 aliphatic rings. The van der Waals surface area contributed by atoms with Gasteiger partial charge in [0.05, 0.1) is 24.7 Å². The average molecular weight is 319 g/mol. The number of morpholine rings is 1. The molecule has 6 heteroatoms. The Bertz CT molecular complexity index is 689. The maximum Gasteiger partial charge on any atom is 0.264 e. The van der Waals surface area contributed by atoms with E-state index < -0.39 is 0 Å². The number of hydrogen-bond acceptors (Lipinski definition) is 5. The van der Waals surface area contributed by atoms with Crippen molar-refractivity contribution in [1.29, 1.82) is 0 Å². The Morgan fingerprint density at radius 1 is 1.36 bits per heavy atom. The zero-order chi connectivity index (χ0) is 14.9. The predicted molar refractivity (Wildman–Crippen MR) is 83.8 cm³/mol. The van der Waals surface area contributed by atoms with Crippen LogP contribution in [0.2, 0.25) is 0 Å². The second-order valence-corrected chi connectivity index (χ2v) is 6.53. The summed E-state index contributed by atoms with van der Waals surface area (Å²) in [6.45, 7) is 3.91. The fraction of sp³-hybridized carbons (Fsp3) is 0.438. The highest BCUT2D eigenvalue weighted by atomic mass is 32.1. The molecule has 5 nitrogen and oxygen atoms in total. The Labute approximate surface area is 132 Å². The molecule has 3 heterocycles. The zero-order valence-corrected chi connectivity index (χ0v) is 12.9. The molecule has 0 spiro atoms. The number of epoxide rings is 1. The number of thiophene rings is 1. The molecule has 2 aliphatic heterocycles. The van der Waals surface area contributed by atoms with Crippen molar-refractivity contribution in [2.24, 2.45) is 0 Å². The van der Waals surface area contributed by atoms with Crippen molar-refractivity contribution in [3.05, 3.63) is 29.1 Å². The van der Waals surface area contributed by atoms with E-state index in [1.54, 1.807) is 0 Å². The maximum atomic E-state index is 12.6. The average Bonchev–Trinajstić information content (AvgIpc) is 3.29. The van der Waals surface area contributed by atoms with Crippen LogP contribution < -0.4 is 4.74 Å². The van der Waals surface area contributed by atoms with Crippen LogP contribution in [0.3, 0.4) is 0 Å². The molecule has 1 atom stereocenters. The normalized spacial score (nSPS) is 21.1. The third-order valence-corrected chi connectivity index (χ3v) is 4.95. The molecule has 1 aromatic heterocycles. The number of carbonyl (C=O) groups is 1. The standard InChI is InChI=1S/C16H17NO4S/c18-16(17-4-6-19-7-5-17)15-8-12-13(21-10-11-9-20-11)2-1-3-14(12)22-15/h1-3,8,11H,4-7,9-10H2/t11-/m0/s1. The number of rotatable bonds is 4. The third kappa shape index (κ3) is 2.82. The molecule has 116 valence electrons. The summed E-state index contributed by atoms with van der Waals surface area (Å²) >= 11 is 1.52. The molecule has 2 aromatic rings. The lowest BCUT2D eigenvalue weighted by atomic mass is 10.2. The molecular formula is C16H17NO4S. The van der Waals surface area contributed by atoms with Gasteiger partial charge in [0.25, 0.3) is 5.91 Å². The molecule has 1 amide bonds. The van der Waals surface area contributed by atoms with Gasteiger partial charge in [-0.25, -0.2) is 0 Å². The summed E-state index contributed by atoms with van der Waals surface area (Å²) in [5, 5.41) is 1.00. The van der Waals surface area contributed by atoms with E-state index in [9.17, 15) is 4.79 Å². The molecular weight excluding hydrogens is 302 g/mol. The van der Waals surface area contributed by atoms with Crippen LogP contribution in [0, 0.1) is 0 Å². The first-order valence-corrected chi connectivity index (χ1v) is 8.27. The van der Waals surface area contributed by atoms with Crippen molar-refractivity contribution in [3.63, 3.8) is 0 Å². The Morgan fingerprint density at radius 2 is 2.18 bits per heavy atom. The topological polar surface area (TPSA) is 51.3 Å². The number of hydrogen-bond donors (Lipinski definition) is 0. The summed E-state index contributed by atoms with van der Waals surface area (Å²) < 4.78 is 17.4. The van der Waals surface area contributed by atoms with Gasteiger partial charge in [-0.15, -0.1) is 11.3 Å². The van der Waals surface area contributed by atoms with E-state index in [2.05, 4.69) is 0 Å². The van der Waals surface area contributed by atoms with Gasteiger partial charge in [-0.05, 0) is 18.2 Å². The summed E-state index contributed by atoms with van der Waals surface area (Å²) in [4.78, 5) is 15.2. The van der Waals surface area contributed by atoms with Crippen LogP contribution in [0.15, 0.2) is 24.3 Å². The van der Waals surface area contributed by atoms with Crippen LogP contribution in [0.5, 0.6) is 5.75 Å². The van der Waals surface area contributed by atoms with Crippen LogP contribution >= 0.6 is 11.3 Å². The molecule has 2 fully saturated rings. The molecule has 4 rings (SSSR count). The summed E-state index contributed by atoms with van der Waals surface area (Å²) in [5.41, 5.74) is 0. The number of ether oxygens (including phenoxy) is 3. The predicted octanol–water partition coefficient (Wildman–Crippen LogP) is 2.15. The highest BCUT2D eigenvalue weighted by molar-refractivity contribution is 7.20. The van der Waals surface area contributed by atoms with Gasteiger partial charge >= 0.3 is 0 Å². The zero-order valence-electron chi connectivity index (χ0n) is 12.1. The van der Waals surface area contributed by atoms with Crippen LogP contribution in [0.1, 0.15) is 9.67 Å². The number of amides is 1. The van der Waals surface area contributed by atoms with Crippen molar-refractivity contribution in [2.75, 3.05) is 39.5 Å². The second-order valence-electron chi connectivity index (χ2n) is 5.45. The van der Waals surface area contributed by atoms with E-state index in [-0.39, 0.29) is 12.0 Å². The fourth-order valence-electron chi connectivity index (χ4n) is 2.53. The van der Waals surface area contributed by atoms with Gasteiger partial charge in [0.15, 0.2) is 0 Å². The molecule has 0 aliphatic carbocycles. The van der Waals surface area contributed by atoms with E-state index in [1.807, 2.05) is 29.2 Å². The summed E-state index contributed by atoms with van der Waals surface area (Å²) in [6, 6.07) is 7.88. The monoisotopic (exact) mass is 319 g/mol. The van der Waals surface area contributed by atoms with E-state index in [0.717, 1.165) is 27.3 Å². The highest BCUT2D eigenvalue weighted by Crippen LogP contribution is 2.34. The number of nitrogens with zero attached hydrogens (tertiary/aromatic N) is 1. The van der Waals surface area contributed by atoms with E-state index in [4.69, 9.17) is 14.2 Å². The molecule has 0 unspecified atom stereocenters. The fourth-order valence-corrected chi connectivity index (χ4v) is 3.58. The lowest BCUT2D eigenvalue weighted by Crippen LogP contribution is -2.40. The van der Waals surface area contributed by atoms with Crippen LogP contribution in [-0.4, -0.2) is 56.4 Å². The second kappa shape index (κ2) is 5.87. The van der Waals surface area contributed by atoms with Crippen LogP contribution in [0.4, 0.5) is 0 Å². The Hall–Kier alpha value is -1.63. The van der Waals surface area contributed by atoms with Crippen molar-refractivity contribution in [2.45, 2.75) is 6.10 Å². The summed E-state index contributed by atoms with van der Waals surface area (Å²) in [5.74, 6) is 0.909. The molecule has 1 aromatic carbocycles. The molecule has 0 saturated carbocycles. The molecule has 0 radical (unpaired) electrons. The first kappa shape index (κ1) is 14.0. The number of carbonyl (C=O) groups excluding carboxylic acids is 1. The number of benzene rings is 1. The summed E-state index contributed by atoms with van der Waals surface area (Å²) in [7, 11) is 0. The van der Waals surface area contributed by atoms with Crippen molar-refractivity contribution < 1.29 is 19.0 Å². The lowest BCUT2D eigenvalue weighted by molar-refractivity contribution is 0.0306. The molecule has 2 saturated heterocycles. The maximum absolute atomic E-state index is 12.6. The molecule has 22 heavy (non-hydrogen) atoms. The van der Waals surface area contributed by atoms with Gasteiger partial charge in [0.1, 0.15) is 18.5 Å². The van der Waals surface area contributed by atoms with E-state index in [0.29, 0.717) is 32.9 Å². The van der Waals surface area contributed by atoms with E-state index >= 15 is 0 Å². The van der Waals surface area contributed by atoms with Gasteiger partial charge in [-0.3, -0.25) is 4.79 Å². The highest BCUT2D eigenvalue weighted by Gasteiger charge is 2.24. The minimum atomic E-state index is 0.0842. The SMILES string of the molecule is O=C(c1cc2c(OC[C@@H]3CO3)cccc2s1)N1CCOCC1. The lowest BCUT2D eigenvalue weighted by Gasteiger charge is -2.26. The van der Waals surface area contributed by atoms with Crippen molar-refractivity contribution >= 4 is 27.3 Å². The first-order valence-electron chi connectivity index (χ1n) is 7.45. The minimum absolute atomic E-state index is 0.0842. The smallest absolute Gasteiger partial charge is 0.264 e. The Morgan fingerprint density at radius 3 is 2.95 bits per heavy atom. The van der Waals surface area contributed by atoms with Gasteiger partial charge in [-0.2, -0.15) is 0 Å². The van der Waals surface area contributed by atoms with Gasteiger partial charge in [-0.1, -0.05) is 6.07 Å². The first-order chi connectivity index (χ1) is 10.8. The minimum Gasteiger partial charge on any atom is -0.490 e. The van der Waals surface area contributed by atoms with Gasteiger partial charge < -0.3 is 19.1 Å². The number of fused-ring (bicyclic) bond motifs is 1. The van der Waals surface area contributed by atoms with Crippen molar-refractivity contribution in [1.82, 2.24) is 4.90 Å². The summed E-state index contributed by atoms with van der Waals surface area (Å²) in [6.07, 6.45) is 0.225. The Kier molecular flexibility index (Phi) is 3.73. The largest absolute Gasteiger partial charge is 0.490 e. The molecule has 0 N–H and O–H groups in total. The van der Waals surface area contributed by atoms with Gasteiger partial charge in [0, 0.05) is 23.2 Å². The van der Waals surface area contributed by atoms with Gasteiger partial charge in [0.2, 0.25) is 0 Å². The third-order valence-electron chi connectivity index (χ3n) is 3.86. The molecule has 0 bridgehead atoms. The van der Waals surface area contributed by atoms with Crippen LogP contribution in [-0.2, 0) is 9.47 Å². The quantitative estimate of drug-likeness (QED) is 0.810. The Balaban J connectivity index is 1.58. The van der Waals surface area contributed by atoms with Crippen molar-refractivity contribution in [3.8, 4) is 5.75 Å².